The van der Waals surface area contributed by atoms with Crippen LogP contribution in [0, 0.1) is 0 Å². The lowest BCUT2D eigenvalue weighted by Gasteiger charge is -2.26. The van der Waals surface area contributed by atoms with Crippen molar-refractivity contribution < 1.29 is 38.1 Å². The number of amides is 1. The minimum Gasteiger partial charge on any atom is -0.493 e. The highest BCUT2D eigenvalue weighted by molar-refractivity contribution is 5.98. The van der Waals surface area contributed by atoms with Gasteiger partial charge in [-0.3, -0.25) is 9.59 Å². The van der Waals surface area contributed by atoms with Gasteiger partial charge >= 0.3 is 11.9 Å². The Labute approximate surface area is 217 Å². The van der Waals surface area contributed by atoms with Crippen molar-refractivity contribution in [1.82, 2.24) is 10.3 Å². The number of nitrogens with zero attached hydrogens (tertiary/aromatic N) is 1. The standard InChI is InChI=1S/C27H36N2O8/c1-6-7-9-14-22(19(3)36-21-12-10-8-11-13-21)37-27(32)18(2)29-26(31)24-25(35-17-34-20(4)30)23(33-5)15-16-28-24/h8,10-13,15-16,18-19,22H,6-7,9,14,17H2,1-5H3,(H,29,31)/t18-,19+,22-/m0/s1. The number of ether oxygens (including phenoxy) is 5. The first-order valence-corrected chi connectivity index (χ1v) is 12.3. The van der Waals surface area contributed by atoms with E-state index >= 15 is 0 Å². The highest BCUT2D eigenvalue weighted by Gasteiger charge is 2.28. The first kappa shape index (κ1) is 29.4. The van der Waals surface area contributed by atoms with Crippen LogP contribution in [-0.4, -0.2) is 55.0 Å². The van der Waals surface area contributed by atoms with Gasteiger partial charge < -0.3 is 29.0 Å². The van der Waals surface area contributed by atoms with Crippen molar-refractivity contribution in [1.29, 1.82) is 0 Å². The van der Waals surface area contributed by atoms with Crippen LogP contribution in [0.25, 0.3) is 0 Å². The van der Waals surface area contributed by atoms with E-state index in [4.69, 9.17) is 23.7 Å². The molecule has 1 N–H and O–H groups in total. The number of carbonyl (C=O) groups is 3. The van der Waals surface area contributed by atoms with Crippen LogP contribution < -0.4 is 19.5 Å². The Kier molecular flexibility index (Phi) is 12.2. The third kappa shape index (κ3) is 9.63. The van der Waals surface area contributed by atoms with Crippen LogP contribution in [0.2, 0.25) is 0 Å². The number of nitrogens with one attached hydrogen (secondary N) is 1. The van der Waals surface area contributed by atoms with Gasteiger partial charge in [0, 0.05) is 19.2 Å². The molecule has 0 aliphatic rings. The maximum absolute atomic E-state index is 13.0. The van der Waals surface area contributed by atoms with E-state index in [-0.39, 0.29) is 17.2 Å². The molecule has 10 heteroatoms. The van der Waals surface area contributed by atoms with E-state index in [0.717, 1.165) is 19.3 Å². The van der Waals surface area contributed by atoms with Crippen molar-refractivity contribution in [3.8, 4) is 17.2 Å². The Hall–Kier alpha value is -3.82. The van der Waals surface area contributed by atoms with Gasteiger partial charge in [0.25, 0.3) is 5.91 Å². The molecule has 0 saturated heterocycles. The van der Waals surface area contributed by atoms with E-state index in [2.05, 4.69) is 17.2 Å². The molecule has 1 aromatic carbocycles. The molecule has 10 nitrogen and oxygen atoms in total. The number of aromatic nitrogens is 1. The maximum Gasteiger partial charge on any atom is 0.328 e. The smallest absolute Gasteiger partial charge is 0.328 e. The summed E-state index contributed by atoms with van der Waals surface area (Å²) in [7, 11) is 1.40. The summed E-state index contributed by atoms with van der Waals surface area (Å²) in [5.41, 5.74) is -0.133. The topological polar surface area (TPSA) is 122 Å². The maximum atomic E-state index is 13.0. The van der Waals surface area contributed by atoms with Gasteiger partial charge in [-0.2, -0.15) is 0 Å². The predicted molar refractivity (Wildman–Crippen MR) is 136 cm³/mol. The van der Waals surface area contributed by atoms with Gasteiger partial charge in [-0.25, -0.2) is 9.78 Å². The molecule has 0 saturated carbocycles. The van der Waals surface area contributed by atoms with Crippen LogP contribution in [0.5, 0.6) is 17.2 Å². The molecule has 37 heavy (non-hydrogen) atoms. The minimum atomic E-state index is -0.987. The second-order valence-electron chi connectivity index (χ2n) is 8.39. The van der Waals surface area contributed by atoms with Crippen LogP contribution in [-0.2, 0) is 19.1 Å². The van der Waals surface area contributed by atoms with Gasteiger partial charge in [0.15, 0.2) is 17.2 Å². The van der Waals surface area contributed by atoms with E-state index in [9.17, 15) is 14.4 Å². The number of benzene rings is 1. The number of pyridine rings is 1. The summed E-state index contributed by atoms with van der Waals surface area (Å²) >= 11 is 0. The molecule has 0 bridgehead atoms. The Morgan fingerprint density at radius 3 is 2.43 bits per heavy atom. The fourth-order valence-corrected chi connectivity index (χ4v) is 3.41. The lowest BCUT2D eigenvalue weighted by Crippen LogP contribution is -2.43. The predicted octanol–water partition coefficient (Wildman–Crippen LogP) is 4.07. The number of para-hydroxylation sites is 1. The molecular weight excluding hydrogens is 480 g/mol. The quantitative estimate of drug-likeness (QED) is 0.212. The van der Waals surface area contributed by atoms with Crippen molar-refractivity contribution >= 4 is 17.8 Å². The molecule has 1 heterocycles. The van der Waals surface area contributed by atoms with Gasteiger partial charge in [0.05, 0.1) is 7.11 Å². The minimum absolute atomic E-state index is 0.0216. The zero-order valence-electron chi connectivity index (χ0n) is 22.0. The van der Waals surface area contributed by atoms with Crippen molar-refractivity contribution in [2.75, 3.05) is 13.9 Å². The van der Waals surface area contributed by atoms with Gasteiger partial charge in [-0.1, -0.05) is 38.0 Å². The molecule has 202 valence electrons. The van der Waals surface area contributed by atoms with Crippen molar-refractivity contribution in [3.63, 3.8) is 0 Å². The second-order valence-corrected chi connectivity index (χ2v) is 8.39. The first-order valence-electron chi connectivity index (χ1n) is 12.3. The van der Waals surface area contributed by atoms with Crippen LogP contribution in [0.15, 0.2) is 42.6 Å². The molecule has 0 spiro atoms. The second kappa shape index (κ2) is 15.3. The number of hydrogen-bond acceptors (Lipinski definition) is 9. The molecule has 3 atom stereocenters. The average Bonchev–Trinajstić information content (AvgIpc) is 2.88. The normalized spacial score (nSPS) is 13.0. The number of carbonyl (C=O) groups excluding carboxylic acids is 3. The number of esters is 2. The summed E-state index contributed by atoms with van der Waals surface area (Å²) in [6, 6.07) is 9.82. The van der Waals surface area contributed by atoms with Crippen LogP contribution in [0.1, 0.15) is 63.9 Å². The highest BCUT2D eigenvalue weighted by Crippen LogP contribution is 2.29. The van der Waals surface area contributed by atoms with E-state index in [1.165, 1.54) is 33.2 Å². The molecule has 2 rings (SSSR count). The fourth-order valence-electron chi connectivity index (χ4n) is 3.41. The first-order chi connectivity index (χ1) is 17.8. The summed E-state index contributed by atoms with van der Waals surface area (Å²) < 4.78 is 27.2. The molecule has 0 unspecified atom stereocenters. The average molecular weight is 517 g/mol. The largest absolute Gasteiger partial charge is 0.493 e. The summed E-state index contributed by atoms with van der Waals surface area (Å²) in [6.45, 7) is 6.26. The van der Waals surface area contributed by atoms with Crippen LogP contribution in [0.3, 0.4) is 0 Å². The van der Waals surface area contributed by atoms with Crippen LogP contribution >= 0.6 is 0 Å². The Morgan fingerprint density at radius 1 is 1.05 bits per heavy atom. The monoisotopic (exact) mass is 516 g/mol. The van der Waals surface area contributed by atoms with Gasteiger partial charge in [-0.15, -0.1) is 0 Å². The molecule has 1 aromatic heterocycles. The number of unbranched alkanes of at least 4 members (excludes halogenated alkanes) is 2. The third-order valence-corrected chi connectivity index (χ3v) is 5.42. The van der Waals surface area contributed by atoms with E-state index < -0.39 is 42.9 Å². The summed E-state index contributed by atoms with van der Waals surface area (Å²) in [4.78, 5) is 41.0. The Balaban J connectivity index is 2.08. The summed E-state index contributed by atoms with van der Waals surface area (Å²) in [5, 5.41) is 2.59. The van der Waals surface area contributed by atoms with Crippen molar-refractivity contribution in [3.05, 3.63) is 48.3 Å². The van der Waals surface area contributed by atoms with Gasteiger partial charge in [0.1, 0.15) is 24.0 Å². The fraction of sp³-hybridized carbons (Fsp3) is 0.481. The molecule has 0 aliphatic carbocycles. The van der Waals surface area contributed by atoms with Crippen molar-refractivity contribution in [2.24, 2.45) is 0 Å². The van der Waals surface area contributed by atoms with Gasteiger partial charge in [0.2, 0.25) is 6.79 Å². The number of rotatable bonds is 15. The van der Waals surface area contributed by atoms with E-state index in [1.807, 2.05) is 37.3 Å². The molecule has 0 aliphatic heterocycles. The number of methoxy groups -OCH3 is 1. The molecule has 1 amide bonds. The Bertz CT molecular complexity index is 1010. The van der Waals surface area contributed by atoms with Gasteiger partial charge in [-0.05, 0) is 38.8 Å². The summed E-state index contributed by atoms with van der Waals surface area (Å²) in [5.74, 6) is -0.972. The number of hydrogen-bond donors (Lipinski definition) is 1. The lowest BCUT2D eigenvalue weighted by atomic mass is 10.1. The summed E-state index contributed by atoms with van der Waals surface area (Å²) in [6.07, 6.45) is 3.98. The zero-order valence-corrected chi connectivity index (χ0v) is 22.0. The van der Waals surface area contributed by atoms with Crippen LogP contribution in [0.4, 0.5) is 0 Å². The van der Waals surface area contributed by atoms with E-state index in [1.54, 1.807) is 0 Å². The third-order valence-electron chi connectivity index (χ3n) is 5.42. The zero-order chi connectivity index (χ0) is 27.2. The van der Waals surface area contributed by atoms with Crippen molar-refractivity contribution in [2.45, 2.75) is 71.6 Å². The highest BCUT2D eigenvalue weighted by atomic mass is 16.7. The molecule has 0 fully saturated rings. The molecule has 0 radical (unpaired) electrons. The Morgan fingerprint density at radius 2 is 1.78 bits per heavy atom. The molecular formula is C27H36N2O8. The molecule has 2 aromatic rings. The SMILES string of the molecule is CCCCC[C@H](OC(=O)[C@H](C)NC(=O)c1nccc(OC)c1OCOC(C)=O)[C@@H](C)Oc1ccccc1. The van der Waals surface area contributed by atoms with E-state index in [0.29, 0.717) is 12.2 Å². The lowest BCUT2D eigenvalue weighted by molar-refractivity contribution is -0.156.